The summed E-state index contributed by atoms with van der Waals surface area (Å²) >= 11 is 1.80. The predicted octanol–water partition coefficient (Wildman–Crippen LogP) is 7.61. The summed E-state index contributed by atoms with van der Waals surface area (Å²) in [4.78, 5) is 1.33. The summed E-state index contributed by atoms with van der Waals surface area (Å²) in [5.74, 6) is 1.99. The van der Waals surface area contributed by atoms with Gasteiger partial charge in [0.2, 0.25) is 0 Å². The second-order valence-corrected chi connectivity index (χ2v) is 8.52. The van der Waals surface area contributed by atoms with Gasteiger partial charge < -0.3 is 0 Å². The van der Waals surface area contributed by atoms with E-state index >= 15 is 0 Å². The van der Waals surface area contributed by atoms with Crippen LogP contribution in [0.3, 0.4) is 0 Å². The predicted molar refractivity (Wildman–Crippen MR) is 112 cm³/mol. The van der Waals surface area contributed by atoms with Crippen LogP contribution >= 0.6 is 11.8 Å². The van der Waals surface area contributed by atoms with Gasteiger partial charge in [-0.2, -0.15) is 0 Å². The van der Waals surface area contributed by atoms with E-state index < -0.39 is 0 Å². The Balaban J connectivity index is 1.49. The van der Waals surface area contributed by atoms with Crippen molar-refractivity contribution in [3.05, 3.63) is 54.1 Å². The van der Waals surface area contributed by atoms with Crippen molar-refractivity contribution in [2.75, 3.05) is 6.26 Å². The smallest absolute Gasteiger partial charge is 0.00695 e. The first-order valence-corrected chi connectivity index (χ1v) is 11.2. The highest BCUT2D eigenvalue weighted by Gasteiger charge is 2.20. The van der Waals surface area contributed by atoms with E-state index in [4.69, 9.17) is 0 Å². The third-order valence-electron chi connectivity index (χ3n) is 5.88. The molecule has 0 saturated heterocycles. The van der Waals surface area contributed by atoms with E-state index in [-0.39, 0.29) is 0 Å². The molecule has 1 saturated carbocycles. The molecule has 3 rings (SSSR count). The third kappa shape index (κ3) is 5.38. The molecule has 0 unspecified atom stereocenters. The lowest BCUT2D eigenvalue weighted by Crippen LogP contribution is -2.15. The number of hydrogen-bond donors (Lipinski definition) is 0. The minimum absolute atomic E-state index is 0.965. The minimum Gasteiger partial charge on any atom is -0.130 e. The van der Waals surface area contributed by atoms with Gasteiger partial charge in [-0.25, -0.2) is 0 Å². The quantitative estimate of drug-likeness (QED) is 0.462. The molecule has 0 amide bonds. The van der Waals surface area contributed by atoms with Crippen LogP contribution in [-0.2, 0) is 6.42 Å². The molecule has 0 radical (unpaired) electrons. The molecule has 1 heteroatoms. The Labute approximate surface area is 158 Å². The van der Waals surface area contributed by atoms with Crippen LogP contribution < -0.4 is 0 Å². The van der Waals surface area contributed by atoms with Crippen molar-refractivity contribution in [2.24, 2.45) is 11.8 Å². The fraction of sp³-hybridized carbons (Fsp3) is 0.500. The van der Waals surface area contributed by atoms with E-state index in [0.717, 1.165) is 11.8 Å². The van der Waals surface area contributed by atoms with Crippen LogP contribution in [0.15, 0.2) is 53.4 Å². The number of thioether (sulfide) groups is 1. The normalized spacial score (nSPS) is 20.6. The number of hydrogen-bond acceptors (Lipinski definition) is 1. The lowest BCUT2D eigenvalue weighted by Gasteiger charge is -2.28. The van der Waals surface area contributed by atoms with Gasteiger partial charge in [0.05, 0.1) is 0 Å². The molecule has 1 aliphatic rings. The minimum atomic E-state index is 0.965. The molecule has 0 N–H and O–H groups in total. The molecule has 2 aromatic carbocycles. The fourth-order valence-electron chi connectivity index (χ4n) is 4.24. The third-order valence-corrected chi connectivity index (χ3v) is 6.63. The van der Waals surface area contributed by atoms with Crippen LogP contribution in [0.5, 0.6) is 0 Å². The van der Waals surface area contributed by atoms with Crippen molar-refractivity contribution in [3.63, 3.8) is 0 Å². The van der Waals surface area contributed by atoms with Crippen LogP contribution in [0, 0.1) is 11.8 Å². The Hall–Kier alpha value is -1.21. The number of rotatable bonds is 7. The zero-order valence-corrected chi connectivity index (χ0v) is 16.7. The molecular weight excluding hydrogens is 320 g/mol. The van der Waals surface area contributed by atoms with Crippen molar-refractivity contribution >= 4 is 11.8 Å². The number of benzene rings is 2. The Morgan fingerprint density at radius 3 is 1.80 bits per heavy atom. The molecule has 25 heavy (non-hydrogen) atoms. The molecule has 0 aromatic heterocycles. The molecule has 134 valence electrons. The largest absolute Gasteiger partial charge is 0.130 e. The second kappa shape index (κ2) is 9.48. The molecule has 0 atom stereocenters. The molecule has 0 spiro atoms. The lowest BCUT2D eigenvalue weighted by atomic mass is 9.78. The van der Waals surface area contributed by atoms with Crippen LogP contribution in [0.4, 0.5) is 0 Å². The van der Waals surface area contributed by atoms with E-state index in [1.807, 2.05) is 0 Å². The number of aryl methyl sites for hydroxylation is 1. The standard InChI is InChI=1S/C24H32S/c1-3-4-19-5-7-20(8-6-19)9-10-21-11-13-22(14-12-21)23-15-17-24(25-2)18-16-23/h11-20H,3-10H2,1-2H3. The van der Waals surface area contributed by atoms with E-state index in [2.05, 4.69) is 61.7 Å². The Bertz CT molecular complexity index is 618. The van der Waals surface area contributed by atoms with Crippen molar-refractivity contribution in [1.82, 2.24) is 0 Å². The molecule has 2 aromatic rings. The van der Waals surface area contributed by atoms with Crippen LogP contribution in [-0.4, -0.2) is 6.26 Å². The van der Waals surface area contributed by atoms with Crippen LogP contribution in [0.25, 0.3) is 11.1 Å². The second-order valence-electron chi connectivity index (χ2n) is 7.64. The first-order chi connectivity index (χ1) is 12.3. The van der Waals surface area contributed by atoms with Crippen molar-refractivity contribution in [2.45, 2.75) is 63.2 Å². The summed E-state index contributed by atoms with van der Waals surface area (Å²) in [5, 5.41) is 0. The molecule has 0 bridgehead atoms. The van der Waals surface area contributed by atoms with E-state index in [9.17, 15) is 0 Å². The van der Waals surface area contributed by atoms with Gasteiger partial charge in [0.15, 0.2) is 0 Å². The first kappa shape index (κ1) is 18.6. The zero-order chi connectivity index (χ0) is 17.5. The molecule has 1 fully saturated rings. The zero-order valence-electron chi connectivity index (χ0n) is 15.8. The van der Waals surface area contributed by atoms with Gasteiger partial charge >= 0.3 is 0 Å². The van der Waals surface area contributed by atoms with Crippen LogP contribution in [0.1, 0.15) is 57.4 Å². The highest BCUT2D eigenvalue weighted by atomic mass is 32.2. The summed E-state index contributed by atoms with van der Waals surface area (Å²) in [7, 11) is 0. The maximum atomic E-state index is 2.33. The molecular formula is C24H32S. The average Bonchev–Trinajstić information content (AvgIpc) is 2.68. The Morgan fingerprint density at radius 1 is 0.760 bits per heavy atom. The molecule has 0 aliphatic heterocycles. The summed E-state index contributed by atoms with van der Waals surface area (Å²) in [6.07, 6.45) is 13.4. The Morgan fingerprint density at radius 2 is 1.28 bits per heavy atom. The van der Waals surface area contributed by atoms with Crippen molar-refractivity contribution in [1.29, 1.82) is 0 Å². The topological polar surface area (TPSA) is 0 Å². The van der Waals surface area contributed by atoms with Crippen molar-refractivity contribution < 1.29 is 0 Å². The highest BCUT2D eigenvalue weighted by molar-refractivity contribution is 7.98. The Kier molecular flexibility index (Phi) is 7.04. The monoisotopic (exact) mass is 352 g/mol. The summed E-state index contributed by atoms with van der Waals surface area (Å²) in [6.45, 7) is 2.33. The van der Waals surface area contributed by atoms with Gasteiger partial charge in [-0.05, 0) is 59.8 Å². The van der Waals surface area contributed by atoms with Gasteiger partial charge in [0.1, 0.15) is 0 Å². The maximum absolute atomic E-state index is 2.33. The molecule has 0 heterocycles. The summed E-state index contributed by atoms with van der Waals surface area (Å²) < 4.78 is 0. The SMILES string of the molecule is CCCC1CCC(CCc2ccc(-c3ccc(SC)cc3)cc2)CC1. The highest BCUT2D eigenvalue weighted by Crippen LogP contribution is 2.34. The maximum Gasteiger partial charge on any atom is 0.00695 e. The average molecular weight is 353 g/mol. The van der Waals surface area contributed by atoms with E-state index in [1.165, 1.54) is 73.0 Å². The lowest BCUT2D eigenvalue weighted by molar-refractivity contribution is 0.252. The molecule has 1 aliphatic carbocycles. The molecule has 0 nitrogen and oxygen atoms in total. The fourth-order valence-corrected chi connectivity index (χ4v) is 4.64. The van der Waals surface area contributed by atoms with E-state index in [1.54, 1.807) is 11.8 Å². The van der Waals surface area contributed by atoms with Gasteiger partial charge in [-0.1, -0.05) is 81.8 Å². The van der Waals surface area contributed by atoms with Crippen molar-refractivity contribution in [3.8, 4) is 11.1 Å². The van der Waals surface area contributed by atoms with E-state index in [0.29, 0.717) is 0 Å². The van der Waals surface area contributed by atoms with Gasteiger partial charge in [-0.3, -0.25) is 0 Å². The van der Waals surface area contributed by atoms with Gasteiger partial charge in [-0.15, -0.1) is 11.8 Å². The van der Waals surface area contributed by atoms with Gasteiger partial charge in [0, 0.05) is 4.90 Å². The van der Waals surface area contributed by atoms with Gasteiger partial charge in [0.25, 0.3) is 0 Å². The summed E-state index contributed by atoms with van der Waals surface area (Å²) in [6, 6.07) is 18.1. The van der Waals surface area contributed by atoms with Crippen LogP contribution in [0.2, 0.25) is 0 Å². The summed E-state index contributed by atoms with van der Waals surface area (Å²) in [5.41, 5.74) is 4.15. The first-order valence-electron chi connectivity index (χ1n) is 10.0.